The fourth-order valence-corrected chi connectivity index (χ4v) is 4.61. The molecular formula is C29H41F2N5O6. The smallest absolute Gasteiger partial charge is 0.356 e. The van der Waals surface area contributed by atoms with Crippen molar-refractivity contribution in [2.75, 3.05) is 13.1 Å². The highest BCUT2D eigenvalue weighted by atomic mass is 19.3. The van der Waals surface area contributed by atoms with E-state index in [-0.39, 0.29) is 19.5 Å². The van der Waals surface area contributed by atoms with E-state index in [1.807, 2.05) is 0 Å². The average molecular weight is 594 g/mol. The second kappa shape index (κ2) is 15.4. The molecule has 3 atom stereocenters. The fraction of sp³-hybridized carbons (Fsp3) is 0.586. The number of benzene rings is 1. The first-order valence-corrected chi connectivity index (χ1v) is 14.1. The van der Waals surface area contributed by atoms with Crippen LogP contribution in [0.15, 0.2) is 30.3 Å². The highest BCUT2D eigenvalue weighted by molar-refractivity contribution is 6.10. The van der Waals surface area contributed by atoms with Gasteiger partial charge >= 0.3 is 5.92 Å². The number of hydrogen-bond donors (Lipinski definition) is 4. The van der Waals surface area contributed by atoms with Crippen molar-refractivity contribution in [3.8, 4) is 0 Å². The zero-order chi connectivity index (χ0) is 31.6. The van der Waals surface area contributed by atoms with Crippen LogP contribution in [0, 0.1) is 11.8 Å². The molecule has 0 saturated carbocycles. The first-order valence-electron chi connectivity index (χ1n) is 14.1. The molecule has 4 N–H and O–H groups in total. The van der Waals surface area contributed by atoms with E-state index in [0.717, 1.165) is 0 Å². The van der Waals surface area contributed by atoms with Crippen LogP contribution in [0.2, 0.25) is 0 Å². The Labute approximate surface area is 244 Å². The molecule has 232 valence electrons. The molecule has 0 bridgehead atoms. The van der Waals surface area contributed by atoms with Gasteiger partial charge in [0.1, 0.15) is 18.5 Å². The number of nitrogens with zero attached hydrogens (tertiary/aromatic N) is 1. The van der Waals surface area contributed by atoms with Gasteiger partial charge in [-0.25, -0.2) is 0 Å². The lowest BCUT2D eigenvalue weighted by Crippen LogP contribution is -2.60. The van der Waals surface area contributed by atoms with Crippen molar-refractivity contribution < 1.29 is 37.5 Å². The minimum absolute atomic E-state index is 0.171. The Morgan fingerprint density at radius 3 is 2.10 bits per heavy atom. The zero-order valence-electron chi connectivity index (χ0n) is 24.7. The molecule has 1 aliphatic heterocycles. The molecule has 1 aromatic rings. The number of likely N-dealkylation sites (tertiary alicyclic amines) is 1. The van der Waals surface area contributed by atoms with Crippen molar-refractivity contribution in [2.45, 2.75) is 84.5 Å². The minimum atomic E-state index is -4.42. The van der Waals surface area contributed by atoms with Gasteiger partial charge in [0.15, 0.2) is 0 Å². The third-order valence-corrected chi connectivity index (χ3v) is 6.92. The lowest BCUT2D eigenvalue weighted by atomic mass is 9.94. The Hall–Kier alpha value is -3.90. The molecule has 11 nitrogen and oxygen atoms in total. The van der Waals surface area contributed by atoms with Gasteiger partial charge in [0.05, 0.1) is 6.04 Å². The van der Waals surface area contributed by atoms with Crippen LogP contribution in [0.4, 0.5) is 8.78 Å². The molecule has 0 radical (unpaired) electrons. The second-order valence-corrected chi connectivity index (χ2v) is 10.9. The number of amides is 5. The summed E-state index contributed by atoms with van der Waals surface area (Å²) < 4.78 is 29.9. The third-order valence-electron chi connectivity index (χ3n) is 6.92. The number of Topliss-reactive ketones (excluding diaryl/α,β-unsaturated/α-hetero) is 1. The van der Waals surface area contributed by atoms with Gasteiger partial charge in [-0.2, -0.15) is 8.78 Å². The molecule has 1 heterocycles. The lowest BCUT2D eigenvalue weighted by molar-refractivity contribution is -0.161. The number of rotatable bonds is 14. The van der Waals surface area contributed by atoms with E-state index in [0.29, 0.717) is 18.5 Å². The maximum Gasteiger partial charge on any atom is 0.383 e. The van der Waals surface area contributed by atoms with E-state index in [4.69, 9.17) is 0 Å². The number of hydrogen-bond acceptors (Lipinski definition) is 6. The molecule has 1 unspecified atom stereocenters. The maximum absolute atomic E-state index is 15.0. The molecule has 0 spiro atoms. The summed E-state index contributed by atoms with van der Waals surface area (Å²) in [6.07, 6.45) is 0.168. The number of carbonyl (C=O) groups is 6. The van der Waals surface area contributed by atoms with Crippen molar-refractivity contribution >= 4 is 35.3 Å². The van der Waals surface area contributed by atoms with Crippen molar-refractivity contribution in [3.63, 3.8) is 0 Å². The standard InChI is InChI=1S/C29H41F2N5O6/c1-6-32-21(37)15-22(38)34-24(18(4)5)27(41)36-14-10-13-20(36)26(40)35-23(17(2)3)25(39)29(30,31)28(42)33-16-19-11-8-7-9-12-19/h7-9,11-12,17-18,20,23-24H,6,10,13-16H2,1-5H3,(H,32,37)(H,33,42)(H,34,38)(H,35,40)/t20?,23-,24-/m0/s1. The predicted octanol–water partition coefficient (Wildman–Crippen LogP) is 1.31. The van der Waals surface area contributed by atoms with Crippen molar-refractivity contribution in [1.29, 1.82) is 0 Å². The Balaban J connectivity index is 2.12. The summed E-state index contributed by atoms with van der Waals surface area (Å²) in [6, 6.07) is 4.52. The lowest BCUT2D eigenvalue weighted by Gasteiger charge is -2.32. The second-order valence-electron chi connectivity index (χ2n) is 10.9. The van der Waals surface area contributed by atoms with Crippen LogP contribution in [-0.2, 0) is 35.3 Å². The van der Waals surface area contributed by atoms with Crippen LogP contribution in [0.1, 0.15) is 59.4 Å². The Morgan fingerprint density at radius 2 is 1.52 bits per heavy atom. The number of carbonyl (C=O) groups excluding carboxylic acids is 6. The molecule has 1 aromatic carbocycles. The van der Waals surface area contributed by atoms with E-state index >= 15 is 0 Å². The first kappa shape index (κ1) is 34.3. The summed E-state index contributed by atoms with van der Waals surface area (Å²) in [6.45, 7) is 8.30. The monoisotopic (exact) mass is 593 g/mol. The van der Waals surface area contributed by atoms with Crippen LogP contribution < -0.4 is 21.3 Å². The van der Waals surface area contributed by atoms with Crippen molar-refractivity contribution in [1.82, 2.24) is 26.2 Å². The van der Waals surface area contributed by atoms with Crippen LogP contribution in [0.3, 0.4) is 0 Å². The van der Waals surface area contributed by atoms with Gasteiger partial charge in [0, 0.05) is 19.6 Å². The first-order chi connectivity index (χ1) is 19.7. The van der Waals surface area contributed by atoms with Gasteiger partial charge in [-0.3, -0.25) is 28.8 Å². The third kappa shape index (κ3) is 9.05. The highest BCUT2D eigenvalue weighted by Crippen LogP contribution is 2.24. The number of halogens is 2. The van der Waals surface area contributed by atoms with Crippen LogP contribution in [0.25, 0.3) is 0 Å². The molecule has 5 amide bonds. The van der Waals surface area contributed by atoms with Crippen molar-refractivity contribution in [2.24, 2.45) is 11.8 Å². The quantitative estimate of drug-likeness (QED) is 0.239. The molecule has 1 saturated heterocycles. The van der Waals surface area contributed by atoms with Gasteiger partial charge in [0.25, 0.3) is 5.91 Å². The maximum atomic E-state index is 15.0. The number of ketones is 1. The Kier molecular flexibility index (Phi) is 12.5. The summed E-state index contributed by atoms with van der Waals surface area (Å²) >= 11 is 0. The van der Waals surface area contributed by atoms with E-state index in [9.17, 15) is 37.5 Å². The predicted molar refractivity (Wildman–Crippen MR) is 150 cm³/mol. The summed E-state index contributed by atoms with van der Waals surface area (Å²) in [5.74, 6) is -11.7. The van der Waals surface area contributed by atoms with Gasteiger partial charge in [-0.15, -0.1) is 0 Å². The SMILES string of the molecule is CCNC(=O)CC(=O)N[C@H](C(=O)N1CCCC1C(=O)N[C@H](C(=O)C(F)(F)C(=O)NCc1ccccc1)C(C)C)C(C)C. The average Bonchev–Trinajstić information content (AvgIpc) is 3.43. The minimum Gasteiger partial charge on any atom is -0.356 e. The van der Waals surface area contributed by atoms with Crippen LogP contribution in [-0.4, -0.2) is 77.4 Å². The summed E-state index contributed by atoms with van der Waals surface area (Å²) in [5.41, 5.74) is 0.564. The topological polar surface area (TPSA) is 154 Å². The molecule has 0 aromatic heterocycles. The summed E-state index contributed by atoms with van der Waals surface area (Å²) in [7, 11) is 0. The molecule has 1 fully saturated rings. The van der Waals surface area contributed by atoms with E-state index in [1.54, 1.807) is 51.1 Å². The Bertz CT molecular complexity index is 1140. The van der Waals surface area contributed by atoms with Gasteiger partial charge in [0.2, 0.25) is 29.4 Å². The van der Waals surface area contributed by atoms with Crippen LogP contribution in [0.5, 0.6) is 0 Å². The normalized spacial score (nSPS) is 16.5. The highest BCUT2D eigenvalue weighted by Gasteiger charge is 2.51. The van der Waals surface area contributed by atoms with E-state index in [1.165, 1.54) is 18.7 Å². The number of alkyl halides is 2. The molecule has 1 aliphatic rings. The molecule has 0 aliphatic carbocycles. The van der Waals surface area contributed by atoms with E-state index in [2.05, 4.69) is 21.3 Å². The summed E-state index contributed by atoms with van der Waals surface area (Å²) in [5, 5.41) is 9.47. The van der Waals surface area contributed by atoms with Crippen molar-refractivity contribution in [3.05, 3.63) is 35.9 Å². The molecule has 13 heteroatoms. The molecular weight excluding hydrogens is 552 g/mol. The number of nitrogens with one attached hydrogen (secondary N) is 4. The molecule has 2 rings (SSSR count). The van der Waals surface area contributed by atoms with Gasteiger partial charge < -0.3 is 26.2 Å². The Morgan fingerprint density at radius 1 is 0.905 bits per heavy atom. The van der Waals surface area contributed by atoms with Crippen LogP contribution >= 0.6 is 0 Å². The van der Waals surface area contributed by atoms with Gasteiger partial charge in [-0.1, -0.05) is 58.0 Å². The largest absolute Gasteiger partial charge is 0.383 e. The summed E-state index contributed by atoms with van der Waals surface area (Å²) in [4.78, 5) is 77.3. The molecule has 42 heavy (non-hydrogen) atoms. The van der Waals surface area contributed by atoms with E-state index < -0.39 is 77.6 Å². The van der Waals surface area contributed by atoms with Gasteiger partial charge in [-0.05, 0) is 37.2 Å². The fourth-order valence-electron chi connectivity index (χ4n) is 4.61. The zero-order valence-corrected chi connectivity index (χ0v) is 24.7.